The lowest BCUT2D eigenvalue weighted by Gasteiger charge is -2.29. The van der Waals surface area contributed by atoms with Gasteiger partial charge in [0.2, 0.25) is 11.8 Å². The van der Waals surface area contributed by atoms with Crippen LogP contribution in [0.5, 0.6) is 5.75 Å². The minimum Gasteiger partial charge on any atom is -0.482 e. The van der Waals surface area contributed by atoms with Gasteiger partial charge in [-0.1, -0.05) is 23.7 Å². The Balaban J connectivity index is 1.43. The molecule has 3 amide bonds. The third-order valence-electron chi connectivity index (χ3n) is 4.98. The smallest absolute Gasteiger partial charge is 0.265 e. The molecule has 1 N–H and O–H groups in total. The van der Waals surface area contributed by atoms with E-state index in [2.05, 4.69) is 5.32 Å². The molecule has 2 aliphatic rings. The molecule has 1 fully saturated rings. The molecule has 2 aromatic carbocycles. The Morgan fingerprint density at radius 3 is 2.76 bits per heavy atom. The molecule has 7 nitrogen and oxygen atoms in total. The Labute approximate surface area is 173 Å². The average Bonchev–Trinajstić information content (AvgIpc) is 3.15. The fraction of sp³-hybridized carbons (Fsp3) is 0.286. The van der Waals surface area contributed by atoms with Crippen LogP contribution in [0.3, 0.4) is 0 Å². The molecule has 1 saturated heterocycles. The monoisotopic (exact) mass is 413 g/mol. The molecule has 0 radical (unpaired) electrons. The van der Waals surface area contributed by atoms with Crippen LogP contribution in [0.1, 0.15) is 19.3 Å². The van der Waals surface area contributed by atoms with Crippen molar-refractivity contribution < 1.29 is 19.1 Å². The van der Waals surface area contributed by atoms with Crippen molar-refractivity contribution in [1.82, 2.24) is 0 Å². The molecule has 0 saturated carbocycles. The molecular formula is C21H20ClN3O4. The standard InChI is InChI=1S/C21H20ClN3O4/c22-15-8-7-14(24-10-3-6-20(24)27)12-16(15)23-19(26)9-11-25-17-4-1-2-5-18(17)29-13-21(25)28/h1-2,4-5,7-8,12H,3,6,9-11,13H2,(H,23,26). The molecule has 2 aliphatic heterocycles. The summed E-state index contributed by atoms with van der Waals surface area (Å²) in [7, 11) is 0. The molecule has 2 aromatic rings. The van der Waals surface area contributed by atoms with Crippen molar-refractivity contribution in [2.45, 2.75) is 19.3 Å². The van der Waals surface area contributed by atoms with Crippen LogP contribution in [0.4, 0.5) is 17.1 Å². The lowest BCUT2D eigenvalue weighted by Crippen LogP contribution is -2.40. The Morgan fingerprint density at radius 2 is 1.97 bits per heavy atom. The second kappa shape index (κ2) is 8.13. The molecule has 0 bridgehead atoms. The first-order valence-corrected chi connectivity index (χ1v) is 9.83. The summed E-state index contributed by atoms with van der Waals surface area (Å²) in [4.78, 5) is 39.9. The SMILES string of the molecule is O=C(CCN1C(=O)COc2ccccc21)Nc1cc(N2CCCC2=O)ccc1Cl. The van der Waals surface area contributed by atoms with Crippen LogP contribution in [-0.2, 0) is 14.4 Å². The number of carbonyl (C=O) groups is 3. The molecule has 150 valence electrons. The van der Waals surface area contributed by atoms with Gasteiger partial charge in [-0.15, -0.1) is 0 Å². The number of hydrogen-bond acceptors (Lipinski definition) is 4. The van der Waals surface area contributed by atoms with E-state index in [0.717, 1.165) is 6.42 Å². The van der Waals surface area contributed by atoms with Crippen LogP contribution in [0.15, 0.2) is 42.5 Å². The van der Waals surface area contributed by atoms with E-state index in [1.807, 2.05) is 12.1 Å². The highest BCUT2D eigenvalue weighted by Gasteiger charge is 2.26. The quantitative estimate of drug-likeness (QED) is 0.816. The summed E-state index contributed by atoms with van der Waals surface area (Å²) >= 11 is 6.22. The number of amides is 3. The summed E-state index contributed by atoms with van der Waals surface area (Å²) in [6.45, 7) is 0.843. The van der Waals surface area contributed by atoms with Gasteiger partial charge in [-0.3, -0.25) is 14.4 Å². The largest absolute Gasteiger partial charge is 0.482 e. The summed E-state index contributed by atoms with van der Waals surface area (Å²) in [5.41, 5.74) is 1.82. The fourth-order valence-electron chi connectivity index (χ4n) is 3.52. The molecule has 0 spiro atoms. The predicted octanol–water partition coefficient (Wildman–Crippen LogP) is 3.22. The van der Waals surface area contributed by atoms with E-state index in [4.69, 9.17) is 16.3 Å². The van der Waals surface area contributed by atoms with Crippen LogP contribution in [0.25, 0.3) is 0 Å². The average molecular weight is 414 g/mol. The van der Waals surface area contributed by atoms with Crippen molar-refractivity contribution >= 4 is 46.4 Å². The van der Waals surface area contributed by atoms with Gasteiger partial charge in [0.15, 0.2) is 6.61 Å². The number of hydrogen-bond donors (Lipinski definition) is 1. The topological polar surface area (TPSA) is 79.0 Å². The number of halogens is 1. The van der Waals surface area contributed by atoms with Crippen molar-refractivity contribution in [3.63, 3.8) is 0 Å². The van der Waals surface area contributed by atoms with Gasteiger partial charge in [-0.2, -0.15) is 0 Å². The van der Waals surface area contributed by atoms with Crippen molar-refractivity contribution in [3.05, 3.63) is 47.5 Å². The van der Waals surface area contributed by atoms with Gasteiger partial charge in [-0.25, -0.2) is 0 Å². The lowest BCUT2D eigenvalue weighted by molar-refractivity contribution is -0.121. The van der Waals surface area contributed by atoms with Crippen molar-refractivity contribution in [2.24, 2.45) is 0 Å². The summed E-state index contributed by atoms with van der Waals surface area (Å²) in [6.07, 6.45) is 1.45. The Kier molecular flexibility index (Phi) is 5.40. The van der Waals surface area contributed by atoms with E-state index in [-0.39, 0.29) is 37.3 Å². The fourth-order valence-corrected chi connectivity index (χ4v) is 3.69. The highest BCUT2D eigenvalue weighted by atomic mass is 35.5. The summed E-state index contributed by atoms with van der Waals surface area (Å²) < 4.78 is 5.41. The number of carbonyl (C=O) groups excluding carboxylic acids is 3. The molecule has 0 unspecified atom stereocenters. The second-order valence-corrected chi connectivity index (χ2v) is 7.32. The lowest BCUT2D eigenvalue weighted by atomic mass is 10.2. The van der Waals surface area contributed by atoms with E-state index in [1.54, 1.807) is 40.1 Å². The number of rotatable bonds is 5. The van der Waals surface area contributed by atoms with Crippen LogP contribution in [-0.4, -0.2) is 37.4 Å². The van der Waals surface area contributed by atoms with Gasteiger partial charge in [-0.05, 0) is 36.8 Å². The van der Waals surface area contributed by atoms with Gasteiger partial charge in [0.05, 0.1) is 16.4 Å². The maximum absolute atomic E-state index is 12.5. The van der Waals surface area contributed by atoms with E-state index >= 15 is 0 Å². The molecule has 2 heterocycles. The molecule has 0 aliphatic carbocycles. The first-order valence-electron chi connectivity index (χ1n) is 9.45. The first-order chi connectivity index (χ1) is 14.0. The summed E-state index contributed by atoms with van der Waals surface area (Å²) in [5.74, 6) is 0.227. The molecule has 0 atom stereocenters. The van der Waals surface area contributed by atoms with Gasteiger partial charge >= 0.3 is 0 Å². The Hall–Kier alpha value is -3.06. The maximum Gasteiger partial charge on any atom is 0.265 e. The molecular weight excluding hydrogens is 394 g/mol. The molecule has 29 heavy (non-hydrogen) atoms. The Morgan fingerprint density at radius 1 is 1.14 bits per heavy atom. The normalized spacial score (nSPS) is 15.9. The predicted molar refractivity (Wildman–Crippen MR) is 111 cm³/mol. The Bertz CT molecular complexity index is 978. The number of para-hydroxylation sites is 2. The van der Waals surface area contributed by atoms with Gasteiger partial charge in [0.25, 0.3) is 5.91 Å². The zero-order chi connectivity index (χ0) is 20.4. The maximum atomic E-state index is 12.5. The zero-order valence-electron chi connectivity index (χ0n) is 15.7. The minimum atomic E-state index is -0.270. The van der Waals surface area contributed by atoms with Crippen molar-refractivity contribution in [2.75, 3.05) is 34.8 Å². The van der Waals surface area contributed by atoms with E-state index in [1.165, 1.54) is 0 Å². The van der Waals surface area contributed by atoms with Gasteiger partial charge in [0.1, 0.15) is 5.75 Å². The summed E-state index contributed by atoms with van der Waals surface area (Å²) in [5, 5.41) is 3.18. The van der Waals surface area contributed by atoms with Crippen LogP contribution in [0.2, 0.25) is 5.02 Å². The van der Waals surface area contributed by atoms with E-state index in [0.29, 0.717) is 40.8 Å². The van der Waals surface area contributed by atoms with Crippen LogP contribution < -0.4 is 19.9 Å². The third-order valence-corrected chi connectivity index (χ3v) is 5.31. The van der Waals surface area contributed by atoms with Crippen LogP contribution >= 0.6 is 11.6 Å². The molecule has 4 rings (SSSR count). The number of fused-ring (bicyclic) bond motifs is 1. The molecule has 8 heteroatoms. The first kappa shape index (κ1) is 19.3. The highest BCUT2D eigenvalue weighted by molar-refractivity contribution is 6.33. The van der Waals surface area contributed by atoms with Crippen molar-refractivity contribution in [3.8, 4) is 5.75 Å². The second-order valence-electron chi connectivity index (χ2n) is 6.91. The number of nitrogens with one attached hydrogen (secondary N) is 1. The van der Waals surface area contributed by atoms with Gasteiger partial charge < -0.3 is 19.9 Å². The highest BCUT2D eigenvalue weighted by Crippen LogP contribution is 2.32. The third kappa shape index (κ3) is 4.05. The number of ether oxygens (including phenoxy) is 1. The zero-order valence-corrected chi connectivity index (χ0v) is 16.4. The van der Waals surface area contributed by atoms with Gasteiger partial charge in [0, 0.05) is 31.6 Å². The minimum absolute atomic E-state index is 0.0453. The van der Waals surface area contributed by atoms with E-state index in [9.17, 15) is 14.4 Å². The van der Waals surface area contributed by atoms with Crippen molar-refractivity contribution in [1.29, 1.82) is 0 Å². The number of anilines is 3. The van der Waals surface area contributed by atoms with Crippen LogP contribution in [0, 0.1) is 0 Å². The molecule has 0 aromatic heterocycles. The van der Waals surface area contributed by atoms with E-state index < -0.39 is 0 Å². The number of benzene rings is 2. The summed E-state index contributed by atoms with van der Waals surface area (Å²) in [6, 6.07) is 12.4. The number of nitrogens with zero attached hydrogens (tertiary/aromatic N) is 2.